The van der Waals surface area contributed by atoms with Crippen LogP contribution in [0, 0.1) is 6.92 Å². The Labute approximate surface area is 140 Å². The second kappa shape index (κ2) is 7.48. The van der Waals surface area contributed by atoms with Crippen LogP contribution in [0.5, 0.6) is 0 Å². The second-order valence-electron chi connectivity index (χ2n) is 5.06. The zero-order chi connectivity index (χ0) is 17.7. The average molecular weight is 356 g/mol. The summed E-state index contributed by atoms with van der Waals surface area (Å²) < 4.78 is 38.5. The second-order valence-corrected chi connectivity index (χ2v) is 6.01. The van der Waals surface area contributed by atoms with Gasteiger partial charge < -0.3 is 10.6 Å². The minimum atomic E-state index is -4.47. The molecule has 24 heavy (non-hydrogen) atoms. The Bertz CT molecular complexity index is 727. The molecule has 0 bridgehead atoms. The molecule has 0 unspecified atom stereocenters. The van der Waals surface area contributed by atoms with Crippen LogP contribution in [0.4, 0.5) is 18.9 Å². The molecule has 0 aliphatic heterocycles. The van der Waals surface area contributed by atoms with Gasteiger partial charge >= 0.3 is 6.18 Å². The van der Waals surface area contributed by atoms with Crippen LogP contribution >= 0.6 is 11.3 Å². The summed E-state index contributed by atoms with van der Waals surface area (Å²) in [4.78, 5) is 24.0. The molecule has 0 saturated heterocycles. The molecule has 0 saturated carbocycles. The maximum atomic E-state index is 12.8. The fourth-order valence-electron chi connectivity index (χ4n) is 2.01. The summed E-state index contributed by atoms with van der Waals surface area (Å²) in [5, 5.41) is 6.74. The molecular formula is C16H15F3N2O2S. The highest BCUT2D eigenvalue weighted by Crippen LogP contribution is 2.33. The number of hydrogen-bond donors (Lipinski definition) is 2. The maximum absolute atomic E-state index is 12.8. The molecule has 4 nitrogen and oxygen atoms in total. The predicted molar refractivity (Wildman–Crippen MR) is 86.1 cm³/mol. The number of anilines is 1. The van der Waals surface area contributed by atoms with Gasteiger partial charge in [0.05, 0.1) is 10.4 Å². The number of amides is 2. The number of thiophene rings is 1. The summed E-state index contributed by atoms with van der Waals surface area (Å²) in [5.74, 6) is -0.758. The van der Waals surface area contributed by atoms with Crippen molar-refractivity contribution in [2.45, 2.75) is 19.5 Å². The van der Waals surface area contributed by atoms with Crippen molar-refractivity contribution in [3.05, 3.63) is 51.7 Å². The summed E-state index contributed by atoms with van der Waals surface area (Å²) in [6, 6.07) is 7.01. The molecule has 2 N–H and O–H groups in total. The lowest BCUT2D eigenvalue weighted by Crippen LogP contribution is -2.27. The number of halogens is 3. The van der Waals surface area contributed by atoms with Crippen molar-refractivity contribution in [1.82, 2.24) is 5.32 Å². The molecule has 0 atom stereocenters. The van der Waals surface area contributed by atoms with E-state index in [0.29, 0.717) is 4.88 Å². The first kappa shape index (κ1) is 18.0. The van der Waals surface area contributed by atoms with Crippen LogP contribution in [-0.2, 0) is 11.0 Å². The van der Waals surface area contributed by atoms with Crippen LogP contribution in [-0.4, -0.2) is 18.4 Å². The van der Waals surface area contributed by atoms with Crippen LogP contribution in [0.15, 0.2) is 35.7 Å². The van der Waals surface area contributed by atoms with Gasteiger partial charge in [0.25, 0.3) is 5.91 Å². The van der Waals surface area contributed by atoms with Crippen molar-refractivity contribution in [1.29, 1.82) is 0 Å². The highest BCUT2D eigenvalue weighted by Gasteiger charge is 2.32. The molecule has 0 aliphatic rings. The van der Waals surface area contributed by atoms with Crippen molar-refractivity contribution < 1.29 is 22.8 Å². The molecule has 1 aromatic carbocycles. The lowest BCUT2D eigenvalue weighted by molar-refractivity contribution is -0.138. The molecule has 8 heteroatoms. The third-order valence-electron chi connectivity index (χ3n) is 3.21. The van der Waals surface area contributed by atoms with Crippen LogP contribution < -0.4 is 10.6 Å². The lowest BCUT2D eigenvalue weighted by atomic mass is 10.1. The largest absolute Gasteiger partial charge is 0.416 e. The van der Waals surface area contributed by atoms with Crippen molar-refractivity contribution in [2.75, 3.05) is 11.9 Å². The smallest absolute Gasteiger partial charge is 0.351 e. The van der Waals surface area contributed by atoms with E-state index in [9.17, 15) is 22.8 Å². The molecule has 128 valence electrons. The normalized spacial score (nSPS) is 11.2. The molecule has 0 aliphatic carbocycles. The molecule has 0 fully saturated rings. The van der Waals surface area contributed by atoms with Gasteiger partial charge in [0.15, 0.2) is 0 Å². The molecule has 2 rings (SSSR count). The van der Waals surface area contributed by atoms with Crippen molar-refractivity contribution in [3.8, 4) is 0 Å². The Morgan fingerprint density at radius 3 is 2.58 bits per heavy atom. The molecule has 1 aromatic heterocycles. The number of carbonyl (C=O) groups is 2. The maximum Gasteiger partial charge on any atom is 0.416 e. The van der Waals surface area contributed by atoms with Crippen molar-refractivity contribution in [2.24, 2.45) is 0 Å². The molecular weight excluding hydrogens is 341 g/mol. The van der Waals surface area contributed by atoms with E-state index in [1.165, 1.54) is 30.4 Å². The first-order chi connectivity index (χ1) is 11.3. The van der Waals surface area contributed by atoms with Gasteiger partial charge in [-0.1, -0.05) is 12.1 Å². The number of rotatable bonds is 5. The van der Waals surface area contributed by atoms with Gasteiger partial charge in [-0.25, -0.2) is 0 Å². The minimum absolute atomic E-state index is 0.0354. The predicted octanol–water partition coefficient (Wildman–Crippen LogP) is 3.83. The number of nitrogens with one attached hydrogen (secondary N) is 2. The van der Waals surface area contributed by atoms with Crippen LogP contribution in [0.3, 0.4) is 0 Å². The number of carbonyl (C=O) groups excluding carboxylic acids is 2. The average Bonchev–Trinajstić information content (AvgIpc) is 3.02. The summed E-state index contributed by atoms with van der Waals surface area (Å²) in [5.41, 5.74) is -0.627. The van der Waals surface area contributed by atoms with E-state index in [-0.39, 0.29) is 30.1 Å². The standard InChI is InChI=1S/C16H15F3N2O2S/c1-10-4-5-11(9-12(10)16(17,18)19)21-14(22)6-7-20-15(23)13-3-2-8-24-13/h2-5,8-9H,6-7H2,1H3,(H,20,23)(H,21,22). The van der Waals surface area contributed by atoms with E-state index in [1.54, 1.807) is 17.5 Å². The number of alkyl halides is 3. The van der Waals surface area contributed by atoms with Crippen LogP contribution in [0.1, 0.15) is 27.2 Å². The van der Waals surface area contributed by atoms with Crippen molar-refractivity contribution in [3.63, 3.8) is 0 Å². The third kappa shape index (κ3) is 4.82. The minimum Gasteiger partial charge on any atom is -0.351 e. The number of aryl methyl sites for hydroxylation is 1. The Balaban J connectivity index is 1.87. The fraction of sp³-hybridized carbons (Fsp3) is 0.250. The van der Waals surface area contributed by atoms with E-state index in [0.717, 1.165) is 6.07 Å². The van der Waals surface area contributed by atoms with Gasteiger partial charge in [0.1, 0.15) is 0 Å². The van der Waals surface area contributed by atoms with Gasteiger partial charge in [-0.15, -0.1) is 11.3 Å². The van der Waals surface area contributed by atoms with E-state index >= 15 is 0 Å². The third-order valence-corrected chi connectivity index (χ3v) is 4.08. The fourth-order valence-corrected chi connectivity index (χ4v) is 2.65. The van der Waals surface area contributed by atoms with E-state index < -0.39 is 17.6 Å². The Hall–Kier alpha value is -2.35. The highest BCUT2D eigenvalue weighted by molar-refractivity contribution is 7.12. The number of hydrogen-bond acceptors (Lipinski definition) is 3. The topological polar surface area (TPSA) is 58.2 Å². The number of benzene rings is 1. The molecule has 2 amide bonds. The van der Waals surface area contributed by atoms with Gasteiger partial charge in [0, 0.05) is 18.7 Å². The van der Waals surface area contributed by atoms with Gasteiger partial charge in [-0.05, 0) is 36.1 Å². The quantitative estimate of drug-likeness (QED) is 0.855. The zero-order valence-corrected chi connectivity index (χ0v) is 13.6. The molecule has 2 aromatic rings. The van der Waals surface area contributed by atoms with Gasteiger partial charge in [-0.2, -0.15) is 13.2 Å². The molecule has 0 spiro atoms. The monoisotopic (exact) mass is 356 g/mol. The van der Waals surface area contributed by atoms with Crippen molar-refractivity contribution >= 4 is 28.8 Å². The SMILES string of the molecule is Cc1ccc(NC(=O)CCNC(=O)c2cccs2)cc1C(F)(F)F. The molecule has 0 radical (unpaired) electrons. The van der Waals surface area contributed by atoms with E-state index in [2.05, 4.69) is 10.6 Å². The zero-order valence-electron chi connectivity index (χ0n) is 12.7. The Kier molecular flexibility index (Phi) is 5.61. The first-order valence-electron chi connectivity index (χ1n) is 7.07. The summed E-state index contributed by atoms with van der Waals surface area (Å²) in [6.07, 6.45) is -4.51. The van der Waals surface area contributed by atoms with Gasteiger partial charge in [0.2, 0.25) is 5.91 Å². The first-order valence-corrected chi connectivity index (χ1v) is 7.95. The molecule has 1 heterocycles. The summed E-state index contributed by atoms with van der Waals surface area (Å²) in [6.45, 7) is 1.45. The summed E-state index contributed by atoms with van der Waals surface area (Å²) >= 11 is 1.28. The van der Waals surface area contributed by atoms with E-state index in [1.807, 2.05) is 0 Å². The van der Waals surface area contributed by atoms with Crippen LogP contribution in [0.2, 0.25) is 0 Å². The Morgan fingerprint density at radius 1 is 1.21 bits per heavy atom. The van der Waals surface area contributed by atoms with E-state index in [4.69, 9.17) is 0 Å². The van der Waals surface area contributed by atoms with Crippen LogP contribution in [0.25, 0.3) is 0 Å². The lowest BCUT2D eigenvalue weighted by Gasteiger charge is -2.13. The Morgan fingerprint density at radius 2 is 1.96 bits per heavy atom. The summed E-state index contributed by atoms with van der Waals surface area (Å²) in [7, 11) is 0. The highest BCUT2D eigenvalue weighted by atomic mass is 32.1. The van der Waals surface area contributed by atoms with Gasteiger partial charge in [-0.3, -0.25) is 9.59 Å².